The predicted octanol–water partition coefficient (Wildman–Crippen LogP) is 1.79. The van der Waals surface area contributed by atoms with E-state index in [2.05, 4.69) is 9.72 Å². The lowest BCUT2D eigenvalue weighted by atomic mass is 10.1. The summed E-state index contributed by atoms with van der Waals surface area (Å²) in [5.74, 6) is -3.02. The van der Waals surface area contributed by atoms with Gasteiger partial charge in [-0.3, -0.25) is 4.79 Å². The van der Waals surface area contributed by atoms with Crippen LogP contribution in [0.4, 0.5) is 13.2 Å². The second-order valence-corrected chi connectivity index (χ2v) is 2.89. The Kier molecular flexibility index (Phi) is 3.70. The smallest absolute Gasteiger partial charge is 0.307 e. The maximum atomic E-state index is 13.1. The van der Waals surface area contributed by atoms with Crippen LogP contribution >= 0.6 is 0 Å². The molecule has 0 aliphatic carbocycles. The van der Waals surface area contributed by atoms with Crippen molar-refractivity contribution in [2.75, 3.05) is 7.11 Å². The van der Waals surface area contributed by atoms with E-state index in [9.17, 15) is 18.0 Å². The van der Waals surface area contributed by atoms with Crippen molar-refractivity contribution >= 4 is 5.97 Å². The number of carbonyl (C=O) groups is 1. The van der Waals surface area contributed by atoms with E-state index in [0.717, 1.165) is 7.11 Å². The van der Waals surface area contributed by atoms with Gasteiger partial charge in [-0.25, -0.2) is 13.8 Å². The van der Waals surface area contributed by atoms with Crippen LogP contribution in [-0.4, -0.2) is 23.2 Å². The number of nitrogens with zero attached hydrogens (tertiary/aromatic N) is 1. The molecule has 0 unspecified atom stereocenters. The Morgan fingerprint density at radius 3 is 2.69 bits per heavy atom. The van der Waals surface area contributed by atoms with Gasteiger partial charge >= 0.3 is 5.97 Å². The van der Waals surface area contributed by atoms with Gasteiger partial charge in [0, 0.05) is 17.3 Å². The first-order valence-corrected chi connectivity index (χ1v) is 4.18. The van der Waals surface area contributed by atoms with Gasteiger partial charge in [0.15, 0.2) is 5.75 Å². The fraction of sp³-hybridized carbons (Fsp3) is 0.333. The summed E-state index contributed by atoms with van der Waals surface area (Å²) in [6.07, 6.45) is -3.07. The summed E-state index contributed by atoms with van der Waals surface area (Å²) < 4.78 is 42.6. The topological polar surface area (TPSA) is 59.4 Å². The molecule has 0 spiro atoms. The largest absolute Gasteiger partial charge is 0.492 e. The molecule has 88 valence electrons. The number of carboxylic acid groups (broad SMARTS) is 1. The lowest BCUT2D eigenvalue weighted by Crippen LogP contribution is -2.09. The number of rotatable bonds is 4. The van der Waals surface area contributed by atoms with E-state index in [-0.39, 0.29) is 0 Å². The number of alkyl halides is 2. The molecule has 0 fully saturated rings. The van der Waals surface area contributed by atoms with Gasteiger partial charge in [0.25, 0.3) is 12.4 Å². The molecule has 0 amide bonds. The highest BCUT2D eigenvalue weighted by Gasteiger charge is 2.22. The molecule has 0 aliphatic rings. The van der Waals surface area contributed by atoms with Gasteiger partial charge in [0.05, 0.1) is 13.5 Å². The SMILES string of the molecule is COc1c(F)ncc(C(F)F)c1CC(=O)O. The van der Waals surface area contributed by atoms with Crippen molar-refractivity contribution in [1.29, 1.82) is 0 Å². The third-order valence-corrected chi connectivity index (χ3v) is 1.89. The Bertz CT molecular complexity index is 409. The quantitative estimate of drug-likeness (QED) is 0.808. The van der Waals surface area contributed by atoms with Crippen molar-refractivity contribution in [2.45, 2.75) is 12.8 Å². The van der Waals surface area contributed by atoms with Crippen LogP contribution in [0.25, 0.3) is 0 Å². The summed E-state index contributed by atoms with van der Waals surface area (Å²) in [5.41, 5.74) is -1.03. The van der Waals surface area contributed by atoms with E-state index in [1.807, 2.05) is 0 Å². The molecular formula is C9H8F3NO3. The summed E-state index contributed by atoms with van der Waals surface area (Å²) in [7, 11) is 1.06. The molecule has 1 aromatic rings. The molecule has 0 radical (unpaired) electrons. The monoisotopic (exact) mass is 235 g/mol. The molecule has 0 saturated carbocycles. The van der Waals surface area contributed by atoms with Gasteiger partial charge in [-0.2, -0.15) is 4.39 Å². The van der Waals surface area contributed by atoms with Gasteiger partial charge in [0.1, 0.15) is 0 Å². The number of methoxy groups -OCH3 is 1. The highest BCUT2D eigenvalue weighted by Crippen LogP contribution is 2.31. The summed E-state index contributed by atoms with van der Waals surface area (Å²) >= 11 is 0. The normalized spacial score (nSPS) is 10.6. The Labute approximate surface area is 88.7 Å². The van der Waals surface area contributed by atoms with Gasteiger partial charge in [0.2, 0.25) is 0 Å². The first kappa shape index (κ1) is 12.3. The van der Waals surface area contributed by atoms with Gasteiger partial charge in [-0.1, -0.05) is 0 Å². The highest BCUT2D eigenvalue weighted by atomic mass is 19.3. The van der Waals surface area contributed by atoms with E-state index < -0.39 is 41.6 Å². The number of ether oxygens (including phenoxy) is 1. The Morgan fingerprint density at radius 1 is 1.62 bits per heavy atom. The van der Waals surface area contributed by atoms with Crippen molar-refractivity contribution in [3.8, 4) is 5.75 Å². The molecular weight excluding hydrogens is 227 g/mol. The summed E-state index contributed by atoms with van der Waals surface area (Å²) in [6, 6.07) is 0. The Balaban J connectivity index is 3.34. The number of aromatic nitrogens is 1. The van der Waals surface area contributed by atoms with Crippen LogP contribution in [0.3, 0.4) is 0 Å². The van der Waals surface area contributed by atoms with Crippen molar-refractivity contribution in [1.82, 2.24) is 4.98 Å². The lowest BCUT2D eigenvalue weighted by Gasteiger charge is -2.11. The van der Waals surface area contributed by atoms with Crippen LogP contribution in [0.2, 0.25) is 0 Å². The zero-order valence-corrected chi connectivity index (χ0v) is 8.21. The maximum Gasteiger partial charge on any atom is 0.307 e. The van der Waals surface area contributed by atoms with Crippen molar-refractivity contribution < 1.29 is 27.8 Å². The fourth-order valence-corrected chi connectivity index (χ4v) is 1.25. The number of carboxylic acids is 1. The van der Waals surface area contributed by atoms with Crippen molar-refractivity contribution in [2.24, 2.45) is 0 Å². The highest BCUT2D eigenvalue weighted by molar-refractivity contribution is 5.72. The molecule has 4 nitrogen and oxygen atoms in total. The number of aliphatic carboxylic acids is 1. The number of pyridine rings is 1. The van der Waals surface area contributed by atoms with Crippen LogP contribution < -0.4 is 4.74 Å². The van der Waals surface area contributed by atoms with Crippen LogP contribution in [-0.2, 0) is 11.2 Å². The first-order valence-electron chi connectivity index (χ1n) is 4.18. The molecule has 1 aromatic heterocycles. The minimum atomic E-state index is -2.93. The predicted molar refractivity (Wildman–Crippen MR) is 47.0 cm³/mol. The Hall–Kier alpha value is -1.79. The zero-order valence-electron chi connectivity index (χ0n) is 8.21. The minimum Gasteiger partial charge on any atom is -0.492 e. The molecule has 7 heteroatoms. The standard InChI is InChI=1S/C9H8F3NO3/c1-16-7-4(2-6(14)15)5(8(10)11)3-13-9(7)12/h3,8H,2H2,1H3,(H,14,15). The summed E-state index contributed by atoms with van der Waals surface area (Å²) in [4.78, 5) is 13.6. The molecule has 16 heavy (non-hydrogen) atoms. The van der Waals surface area contributed by atoms with Gasteiger partial charge in [-0.05, 0) is 0 Å². The number of halogens is 3. The van der Waals surface area contributed by atoms with E-state index in [1.54, 1.807) is 0 Å². The van der Waals surface area contributed by atoms with E-state index in [0.29, 0.717) is 6.20 Å². The second kappa shape index (κ2) is 4.82. The van der Waals surface area contributed by atoms with Crippen molar-refractivity contribution in [3.63, 3.8) is 0 Å². The average molecular weight is 235 g/mol. The van der Waals surface area contributed by atoms with E-state index >= 15 is 0 Å². The molecule has 0 aliphatic heterocycles. The molecule has 0 bridgehead atoms. The average Bonchev–Trinajstić information content (AvgIpc) is 2.16. The zero-order chi connectivity index (χ0) is 12.3. The van der Waals surface area contributed by atoms with Crippen LogP contribution in [0.5, 0.6) is 5.75 Å². The number of hydrogen-bond donors (Lipinski definition) is 1. The number of hydrogen-bond acceptors (Lipinski definition) is 3. The van der Waals surface area contributed by atoms with Crippen LogP contribution in [0.15, 0.2) is 6.20 Å². The summed E-state index contributed by atoms with van der Waals surface area (Å²) in [5, 5.41) is 8.54. The molecule has 0 aromatic carbocycles. The Morgan fingerprint density at radius 2 is 2.25 bits per heavy atom. The first-order chi connectivity index (χ1) is 7.47. The second-order valence-electron chi connectivity index (χ2n) is 2.89. The summed E-state index contributed by atoms with van der Waals surface area (Å²) in [6.45, 7) is 0. The molecule has 1 heterocycles. The maximum absolute atomic E-state index is 13.1. The lowest BCUT2D eigenvalue weighted by molar-refractivity contribution is -0.136. The molecule has 0 atom stereocenters. The van der Waals surface area contributed by atoms with Gasteiger partial charge < -0.3 is 9.84 Å². The van der Waals surface area contributed by atoms with Crippen LogP contribution in [0, 0.1) is 5.95 Å². The molecule has 1 N–H and O–H groups in total. The third-order valence-electron chi connectivity index (χ3n) is 1.89. The fourth-order valence-electron chi connectivity index (χ4n) is 1.25. The van der Waals surface area contributed by atoms with Gasteiger partial charge in [-0.15, -0.1) is 0 Å². The van der Waals surface area contributed by atoms with E-state index in [1.165, 1.54) is 0 Å². The van der Waals surface area contributed by atoms with Crippen LogP contribution in [0.1, 0.15) is 17.6 Å². The molecule has 0 saturated heterocycles. The van der Waals surface area contributed by atoms with E-state index in [4.69, 9.17) is 5.11 Å². The van der Waals surface area contributed by atoms with Crippen molar-refractivity contribution in [3.05, 3.63) is 23.3 Å². The third kappa shape index (κ3) is 2.41. The minimum absolute atomic E-state index is 0.391. The molecule has 1 rings (SSSR count).